The first kappa shape index (κ1) is 18.0. The highest BCUT2D eigenvalue weighted by molar-refractivity contribution is 7.92. The largest absolute Gasteiger partial charge is 0.494 e. The lowest BCUT2D eigenvalue weighted by Gasteiger charge is -2.22. The minimum atomic E-state index is -3.40. The van der Waals surface area contributed by atoms with E-state index in [-0.39, 0.29) is 5.78 Å². The normalized spacial score (nSPS) is 11.1. The van der Waals surface area contributed by atoms with E-state index in [2.05, 4.69) is 0 Å². The summed E-state index contributed by atoms with van der Waals surface area (Å²) in [4.78, 5) is 11.3. The molecule has 2 rings (SSSR count). The second-order valence-electron chi connectivity index (χ2n) is 5.45. The number of ether oxygens (including phenoxy) is 1. The summed E-state index contributed by atoms with van der Waals surface area (Å²) in [6.07, 6.45) is 1.72. The van der Waals surface area contributed by atoms with Crippen LogP contribution in [0.2, 0.25) is 0 Å². The molecule has 2 aromatic rings. The molecule has 128 valence electrons. The van der Waals surface area contributed by atoms with Crippen LogP contribution in [0.4, 0.5) is 5.69 Å². The second kappa shape index (κ2) is 7.97. The molecule has 0 unspecified atom stereocenters. The fraction of sp³-hybridized carbons (Fsp3) is 0.278. The lowest BCUT2D eigenvalue weighted by atomic mass is 10.1. The molecule has 0 N–H and O–H groups in total. The second-order valence-corrected chi connectivity index (χ2v) is 7.36. The van der Waals surface area contributed by atoms with Crippen molar-refractivity contribution < 1.29 is 17.9 Å². The van der Waals surface area contributed by atoms with E-state index >= 15 is 0 Å². The summed E-state index contributed by atoms with van der Waals surface area (Å²) < 4.78 is 31.0. The van der Waals surface area contributed by atoms with Crippen LogP contribution in [0.1, 0.15) is 23.7 Å². The zero-order chi connectivity index (χ0) is 17.6. The van der Waals surface area contributed by atoms with Crippen molar-refractivity contribution in [1.29, 1.82) is 0 Å². The number of anilines is 1. The van der Waals surface area contributed by atoms with E-state index in [1.807, 2.05) is 30.3 Å². The molecule has 0 saturated heterocycles. The summed E-state index contributed by atoms with van der Waals surface area (Å²) in [6, 6.07) is 16.0. The van der Waals surface area contributed by atoms with Crippen molar-refractivity contribution in [3.8, 4) is 5.75 Å². The van der Waals surface area contributed by atoms with Gasteiger partial charge in [0.15, 0.2) is 5.78 Å². The fourth-order valence-electron chi connectivity index (χ4n) is 2.26. The lowest BCUT2D eigenvalue weighted by Crippen LogP contribution is -2.31. The molecule has 0 heterocycles. The first-order valence-corrected chi connectivity index (χ1v) is 9.49. The van der Waals surface area contributed by atoms with Gasteiger partial charge in [0.1, 0.15) is 5.75 Å². The molecule has 0 atom stereocenters. The predicted molar refractivity (Wildman–Crippen MR) is 95.2 cm³/mol. The number of hydrogen-bond acceptors (Lipinski definition) is 4. The van der Waals surface area contributed by atoms with Gasteiger partial charge in [0.25, 0.3) is 0 Å². The van der Waals surface area contributed by atoms with Crippen LogP contribution in [-0.4, -0.2) is 33.6 Å². The molecule has 0 bridgehead atoms. The summed E-state index contributed by atoms with van der Waals surface area (Å²) in [5, 5.41) is 0. The van der Waals surface area contributed by atoms with Gasteiger partial charge in [-0.25, -0.2) is 8.42 Å². The van der Waals surface area contributed by atoms with E-state index < -0.39 is 10.0 Å². The number of Topliss-reactive ketones (excluding diaryl/α,β-unsaturated/α-hetero) is 1. The van der Waals surface area contributed by atoms with Crippen LogP contribution < -0.4 is 9.04 Å². The number of rotatable bonds is 8. The van der Waals surface area contributed by atoms with Gasteiger partial charge in [-0.2, -0.15) is 0 Å². The summed E-state index contributed by atoms with van der Waals surface area (Å²) in [5.74, 6) is 0.706. The average Bonchev–Trinajstić information content (AvgIpc) is 2.54. The minimum Gasteiger partial charge on any atom is -0.494 e. The van der Waals surface area contributed by atoms with Crippen LogP contribution in [0, 0.1) is 0 Å². The van der Waals surface area contributed by atoms with Gasteiger partial charge in [-0.3, -0.25) is 9.10 Å². The van der Waals surface area contributed by atoms with Gasteiger partial charge in [-0.05, 0) is 43.3 Å². The number of nitrogens with zero attached hydrogens (tertiary/aromatic N) is 1. The Hall–Kier alpha value is -2.34. The van der Waals surface area contributed by atoms with Gasteiger partial charge >= 0.3 is 0 Å². The third kappa shape index (κ3) is 5.09. The summed E-state index contributed by atoms with van der Waals surface area (Å²) in [7, 11) is -3.40. The van der Waals surface area contributed by atoms with Gasteiger partial charge in [0, 0.05) is 18.5 Å². The van der Waals surface area contributed by atoms with Crippen molar-refractivity contribution in [2.45, 2.75) is 13.3 Å². The van der Waals surface area contributed by atoms with Gasteiger partial charge in [-0.15, -0.1) is 0 Å². The topological polar surface area (TPSA) is 63.7 Å². The molecule has 2 aromatic carbocycles. The van der Waals surface area contributed by atoms with Crippen LogP contribution >= 0.6 is 0 Å². The summed E-state index contributed by atoms with van der Waals surface area (Å²) in [6.45, 7) is 2.21. The minimum absolute atomic E-state index is 0.0521. The molecule has 0 aromatic heterocycles. The van der Waals surface area contributed by atoms with Gasteiger partial charge in [-0.1, -0.05) is 18.2 Å². The Bertz CT molecular complexity index is 770. The quantitative estimate of drug-likeness (QED) is 0.544. The Morgan fingerprint density at radius 2 is 1.67 bits per heavy atom. The molecular formula is C18H21NO4S. The van der Waals surface area contributed by atoms with E-state index in [9.17, 15) is 13.2 Å². The molecule has 0 spiro atoms. The molecule has 0 aliphatic rings. The first-order chi connectivity index (χ1) is 11.4. The standard InChI is InChI=1S/C18H21NO4S/c1-15(20)16-9-11-17(12-10-16)19(24(2,21)22)13-6-14-23-18-7-4-3-5-8-18/h3-5,7-12H,6,13-14H2,1-2H3. The Labute approximate surface area is 142 Å². The van der Waals surface area contributed by atoms with Gasteiger partial charge in [0.05, 0.1) is 18.6 Å². The Morgan fingerprint density at radius 3 is 2.21 bits per heavy atom. The Balaban J connectivity index is 2.00. The maximum Gasteiger partial charge on any atom is 0.232 e. The maximum absolute atomic E-state index is 12.0. The Morgan fingerprint density at radius 1 is 1.04 bits per heavy atom. The molecule has 24 heavy (non-hydrogen) atoms. The van der Waals surface area contributed by atoms with E-state index in [0.29, 0.717) is 30.8 Å². The van der Waals surface area contributed by atoms with Crippen molar-refractivity contribution in [2.75, 3.05) is 23.7 Å². The van der Waals surface area contributed by atoms with Gasteiger partial charge < -0.3 is 4.74 Å². The van der Waals surface area contributed by atoms with E-state index in [4.69, 9.17) is 4.74 Å². The number of carbonyl (C=O) groups excluding carboxylic acids is 1. The number of para-hydroxylation sites is 1. The molecular weight excluding hydrogens is 326 g/mol. The number of sulfonamides is 1. The maximum atomic E-state index is 12.0. The highest BCUT2D eigenvalue weighted by Crippen LogP contribution is 2.19. The van der Waals surface area contributed by atoms with Crippen molar-refractivity contribution in [1.82, 2.24) is 0 Å². The number of benzene rings is 2. The third-order valence-corrected chi connectivity index (χ3v) is 4.67. The van der Waals surface area contributed by atoms with Gasteiger partial charge in [0.2, 0.25) is 10.0 Å². The highest BCUT2D eigenvalue weighted by atomic mass is 32.2. The zero-order valence-electron chi connectivity index (χ0n) is 13.8. The van der Waals surface area contributed by atoms with Crippen LogP contribution in [0.5, 0.6) is 5.75 Å². The zero-order valence-corrected chi connectivity index (χ0v) is 14.6. The number of carbonyl (C=O) groups is 1. The SMILES string of the molecule is CC(=O)c1ccc(N(CCCOc2ccccc2)S(C)(=O)=O)cc1. The predicted octanol–water partition coefficient (Wildman–Crippen LogP) is 3.12. The van der Waals surface area contributed by atoms with Crippen molar-refractivity contribution in [3.05, 3.63) is 60.2 Å². The molecule has 5 nitrogen and oxygen atoms in total. The number of hydrogen-bond donors (Lipinski definition) is 0. The van der Waals surface area contributed by atoms with Crippen molar-refractivity contribution in [3.63, 3.8) is 0 Å². The molecule has 0 aliphatic carbocycles. The fourth-order valence-corrected chi connectivity index (χ4v) is 3.23. The molecule has 0 saturated carbocycles. The molecule has 0 radical (unpaired) electrons. The van der Waals surface area contributed by atoms with Crippen molar-refractivity contribution in [2.24, 2.45) is 0 Å². The molecule has 0 aliphatic heterocycles. The average molecular weight is 347 g/mol. The first-order valence-electron chi connectivity index (χ1n) is 7.64. The molecule has 0 amide bonds. The van der Waals surface area contributed by atoms with Crippen LogP contribution in [0.25, 0.3) is 0 Å². The lowest BCUT2D eigenvalue weighted by molar-refractivity contribution is 0.101. The highest BCUT2D eigenvalue weighted by Gasteiger charge is 2.17. The third-order valence-electron chi connectivity index (χ3n) is 3.48. The smallest absolute Gasteiger partial charge is 0.232 e. The van der Waals surface area contributed by atoms with E-state index in [1.165, 1.54) is 17.5 Å². The monoisotopic (exact) mass is 347 g/mol. The molecule has 0 fully saturated rings. The number of ketones is 1. The van der Waals surface area contributed by atoms with Crippen LogP contribution in [-0.2, 0) is 10.0 Å². The van der Waals surface area contributed by atoms with E-state index in [1.54, 1.807) is 24.3 Å². The van der Waals surface area contributed by atoms with Crippen LogP contribution in [0.15, 0.2) is 54.6 Å². The summed E-state index contributed by atoms with van der Waals surface area (Å²) in [5.41, 5.74) is 1.10. The van der Waals surface area contributed by atoms with E-state index in [0.717, 1.165) is 5.75 Å². The van der Waals surface area contributed by atoms with Crippen LogP contribution in [0.3, 0.4) is 0 Å². The molecule has 6 heteroatoms. The Kier molecular flexibility index (Phi) is 5.98. The van der Waals surface area contributed by atoms with Crippen molar-refractivity contribution >= 4 is 21.5 Å². The summed E-state index contributed by atoms with van der Waals surface area (Å²) >= 11 is 0.